The van der Waals surface area contributed by atoms with Crippen LogP contribution in [0.25, 0.3) is 0 Å². The molecule has 0 amide bonds. The smallest absolute Gasteiger partial charge is 0.458 e. The van der Waals surface area contributed by atoms with Gasteiger partial charge in [-0.1, -0.05) is 12.1 Å². The molecule has 0 aliphatic rings. The van der Waals surface area contributed by atoms with Gasteiger partial charge in [0.15, 0.2) is 0 Å². The second kappa shape index (κ2) is 4.40. The van der Waals surface area contributed by atoms with E-state index in [4.69, 9.17) is 4.74 Å². The second-order valence-electron chi connectivity index (χ2n) is 4.81. The third kappa shape index (κ3) is 3.34. The molecule has 0 saturated carbocycles. The van der Waals surface area contributed by atoms with Crippen LogP contribution in [-0.4, -0.2) is 11.8 Å². The Bertz CT molecular complexity index is 417. The molecule has 0 saturated heterocycles. The van der Waals surface area contributed by atoms with Crippen molar-refractivity contribution in [2.75, 3.05) is 0 Å². The lowest BCUT2D eigenvalue weighted by atomic mass is 10.1. The molecule has 0 aromatic heterocycles. The van der Waals surface area contributed by atoms with E-state index in [1.165, 1.54) is 6.07 Å². The summed E-state index contributed by atoms with van der Waals surface area (Å²) in [6, 6.07) is 3.87. The molecule has 1 aromatic rings. The fourth-order valence-corrected chi connectivity index (χ4v) is 1.27. The maximum atomic E-state index is 13.1. The monoisotopic (exact) mass is 268 g/mol. The van der Waals surface area contributed by atoms with Gasteiger partial charge in [0.05, 0.1) is 0 Å². The second-order valence-corrected chi connectivity index (χ2v) is 4.81. The van der Waals surface area contributed by atoms with Gasteiger partial charge >= 0.3 is 12.1 Å². The summed E-state index contributed by atoms with van der Waals surface area (Å²) in [5, 5.41) is 0. The standard InChI is InChI=1S/C12H13F5O/c1-10(2,3)18-9-6-4-5-8(7-9)11(13,14)12(15,16)17/h4-7H,1-3H3. The Hall–Kier alpha value is -1.33. The lowest BCUT2D eigenvalue weighted by molar-refractivity contribution is -0.289. The Morgan fingerprint density at radius 2 is 1.50 bits per heavy atom. The van der Waals surface area contributed by atoms with Crippen molar-refractivity contribution < 1.29 is 26.7 Å². The lowest BCUT2D eigenvalue weighted by Crippen LogP contribution is -2.33. The first kappa shape index (κ1) is 14.7. The number of hydrogen-bond acceptors (Lipinski definition) is 1. The highest BCUT2D eigenvalue weighted by Gasteiger charge is 2.58. The molecule has 1 aromatic carbocycles. The Balaban J connectivity index is 3.10. The van der Waals surface area contributed by atoms with Crippen LogP contribution in [-0.2, 0) is 5.92 Å². The van der Waals surface area contributed by atoms with Crippen molar-refractivity contribution in [1.29, 1.82) is 0 Å². The lowest BCUT2D eigenvalue weighted by Gasteiger charge is -2.24. The Kier molecular flexibility index (Phi) is 3.60. The number of halogens is 5. The molecular weight excluding hydrogens is 255 g/mol. The van der Waals surface area contributed by atoms with Gasteiger partial charge in [-0.05, 0) is 32.9 Å². The molecule has 0 aliphatic carbocycles. The Morgan fingerprint density at radius 3 is 1.94 bits per heavy atom. The summed E-state index contributed by atoms with van der Waals surface area (Å²) in [4.78, 5) is 0. The van der Waals surface area contributed by atoms with Crippen molar-refractivity contribution in [3.8, 4) is 5.75 Å². The first-order valence-electron chi connectivity index (χ1n) is 5.17. The normalized spacial score (nSPS) is 13.6. The Morgan fingerprint density at radius 1 is 0.944 bits per heavy atom. The van der Waals surface area contributed by atoms with E-state index in [9.17, 15) is 22.0 Å². The minimum atomic E-state index is -5.62. The molecule has 1 nitrogen and oxygen atoms in total. The summed E-state index contributed by atoms with van der Waals surface area (Å²) in [5.74, 6) is -4.91. The number of rotatable bonds is 2. The fourth-order valence-electron chi connectivity index (χ4n) is 1.27. The van der Waals surface area contributed by atoms with Gasteiger partial charge in [0, 0.05) is 5.56 Å². The molecule has 18 heavy (non-hydrogen) atoms. The van der Waals surface area contributed by atoms with Crippen LogP contribution in [0.4, 0.5) is 22.0 Å². The summed E-state index contributed by atoms with van der Waals surface area (Å²) in [5.41, 5.74) is -1.80. The number of ether oxygens (including phenoxy) is 1. The molecule has 0 fully saturated rings. The third-order valence-corrected chi connectivity index (χ3v) is 1.98. The molecule has 6 heteroatoms. The highest BCUT2D eigenvalue weighted by Crippen LogP contribution is 2.44. The highest BCUT2D eigenvalue weighted by atomic mass is 19.4. The molecular formula is C12H13F5O. The van der Waals surface area contributed by atoms with E-state index < -0.39 is 23.3 Å². The van der Waals surface area contributed by atoms with Crippen LogP contribution in [0, 0.1) is 0 Å². The molecule has 0 bridgehead atoms. The molecule has 0 radical (unpaired) electrons. The third-order valence-electron chi connectivity index (χ3n) is 1.98. The van der Waals surface area contributed by atoms with Crippen LogP contribution < -0.4 is 4.74 Å². The average molecular weight is 268 g/mol. The van der Waals surface area contributed by atoms with Crippen LogP contribution in [0.3, 0.4) is 0 Å². The summed E-state index contributed by atoms with van der Waals surface area (Å²) in [6.07, 6.45) is -5.62. The van der Waals surface area contributed by atoms with Gasteiger partial charge in [0.2, 0.25) is 0 Å². The Labute approximate surface area is 102 Å². The van der Waals surface area contributed by atoms with Crippen molar-refractivity contribution in [2.24, 2.45) is 0 Å². The van der Waals surface area contributed by atoms with E-state index in [0.717, 1.165) is 12.1 Å². The average Bonchev–Trinajstić information content (AvgIpc) is 2.13. The SMILES string of the molecule is CC(C)(C)Oc1cccc(C(F)(F)C(F)(F)F)c1. The van der Waals surface area contributed by atoms with Crippen LogP contribution in [0.2, 0.25) is 0 Å². The van der Waals surface area contributed by atoms with Crippen molar-refractivity contribution in [2.45, 2.75) is 38.5 Å². The van der Waals surface area contributed by atoms with Gasteiger partial charge in [-0.2, -0.15) is 22.0 Å². The summed E-state index contributed by atoms with van der Waals surface area (Å²) < 4.78 is 68.0. The molecule has 1 rings (SSSR count). The van der Waals surface area contributed by atoms with Crippen LogP contribution in [0.1, 0.15) is 26.3 Å². The van der Waals surface area contributed by atoms with Crippen LogP contribution in [0.5, 0.6) is 5.75 Å². The zero-order chi connectivity index (χ0) is 14.2. The number of benzene rings is 1. The number of hydrogen-bond donors (Lipinski definition) is 0. The minimum Gasteiger partial charge on any atom is -0.488 e. The van der Waals surface area contributed by atoms with Crippen molar-refractivity contribution >= 4 is 0 Å². The predicted molar refractivity (Wildman–Crippen MR) is 56.8 cm³/mol. The molecule has 0 spiro atoms. The maximum Gasteiger partial charge on any atom is 0.458 e. The van der Waals surface area contributed by atoms with Gasteiger partial charge in [0.25, 0.3) is 0 Å². The van der Waals surface area contributed by atoms with Crippen molar-refractivity contribution in [3.63, 3.8) is 0 Å². The van der Waals surface area contributed by atoms with E-state index >= 15 is 0 Å². The van der Waals surface area contributed by atoms with Gasteiger partial charge < -0.3 is 4.74 Å². The van der Waals surface area contributed by atoms with Gasteiger partial charge in [-0.3, -0.25) is 0 Å². The van der Waals surface area contributed by atoms with Crippen molar-refractivity contribution in [3.05, 3.63) is 29.8 Å². The number of alkyl halides is 5. The largest absolute Gasteiger partial charge is 0.488 e. The molecule has 0 atom stereocenters. The first-order valence-corrected chi connectivity index (χ1v) is 5.17. The van der Waals surface area contributed by atoms with E-state index in [1.807, 2.05) is 0 Å². The van der Waals surface area contributed by atoms with E-state index in [-0.39, 0.29) is 5.75 Å². The topological polar surface area (TPSA) is 9.23 Å². The summed E-state index contributed by atoms with van der Waals surface area (Å²) in [7, 11) is 0. The highest BCUT2D eigenvalue weighted by molar-refractivity contribution is 5.32. The van der Waals surface area contributed by atoms with Gasteiger partial charge in [-0.15, -0.1) is 0 Å². The minimum absolute atomic E-state index is 0.0241. The van der Waals surface area contributed by atoms with Crippen LogP contribution >= 0.6 is 0 Å². The summed E-state index contributed by atoms with van der Waals surface area (Å²) >= 11 is 0. The fraction of sp³-hybridized carbons (Fsp3) is 0.500. The summed E-state index contributed by atoms with van der Waals surface area (Å²) in [6.45, 7) is 5.00. The predicted octanol–water partition coefficient (Wildman–Crippen LogP) is 4.52. The first-order chi connectivity index (χ1) is 7.93. The zero-order valence-electron chi connectivity index (χ0n) is 10.1. The molecule has 0 N–H and O–H groups in total. The molecule has 102 valence electrons. The van der Waals surface area contributed by atoms with Crippen LogP contribution in [0.15, 0.2) is 24.3 Å². The zero-order valence-corrected chi connectivity index (χ0v) is 10.1. The van der Waals surface area contributed by atoms with E-state index in [0.29, 0.717) is 6.07 Å². The van der Waals surface area contributed by atoms with Gasteiger partial charge in [-0.25, -0.2) is 0 Å². The molecule has 0 unspecified atom stereocenters. The van der Waals surface area contributed by atoms with Crippen molar-refractivity contribution in [1.82, 2.24) is 0 Å². The quantitative estimate of drug-likeness (QED) is 0.717. The molecule has 0 aliphatic heterocycles. The van der Waals surface area contributed by atoms with Gasteiger partial charge in [0.1, 0.15) is 11.4 Å². The maximum absolute atomic E-state index is 13.1. The van der Waals surface area contributed by atoms with E-state index in [1.54, 1.807) is 20.8 Å². The molecule has 0 heterocycles. The van der Waals surface area contributed by atoms with E-state index in [2.05, 4.69) is 0 Å².